The van der Waals surface area contributed by atoms with Gasteiger partial charge in [0.15, 0.2) is 17.3 Å². The normalized spacial score (nSPS) is 11.1. The smallest absolute Gasteiger partial charge is 0.244 e. The van der Waals surface area contributed by atoms with Gasteiger partial charge in [0, 0.05) is 31.2 Å². The van der Waals surface area contributed by atoms with Crippen LogP contribution in [0.4, 0.5) is 0 Å². The van der Waals surface area contributed by atoms with Gasteiger partial charge in [0.05, 0.1) is 13.7 Å². The minimum absolute atomic E-state index is 0.190. The van der Waals surface area contributed by atoms with E-state index in [1.165, 1.54) is 6.08 Å². The van der Waals surface area contributed by atoms with Crippen LogP contribution >= 0.6 is 0 Å². The molecule has 0 spiro atoms. The van der Waals surface area contributed by atoms with Crippen LogP contribution in [0.5, 0.6) is 11.5 Å². The van der Waals surface area contributed by atoms with E-state index in [1.54, 1.807) is 30.3 Å². The summed E-state index contributed by atoms with van der Waals surface area (Å²) >= 11 is 0. The quantitative estimate of drug-likeness (QED) is 0.549. The van der Waals surface area contributed by atoms with E-state index in [0.717, 1.165) is 16.9 Å². The van der Waals surface area contributed by atoms with Crippen molar-refractivity contribution in [1.82, 2.24) is 20.1 Å². The van der Waals surface area contributed by atoms with Gasteiger partial charge < -0.3 is 14.8 Å². The number of ether oxygens (including phenoxy) is 2. The van der Waals surface area contributed by atoms with Crippen molar-refractivity contribution in [3.05, 3.63) is 72.2 Å². The molecule has 0 aliphatic heterocycles. The first kappa shape index (κ1) is 21.1. The van der Waals surface area contributed by atoms with E-state index in [2.05, 4.69) is 29.2 Å². The summed E-state index contributed by atoms with van der Waals surface area (Å²) in [4.78, 5) is 16.5. The molecule has 3 rings (SSSR count). The number of carbonyl (C=O) groups is 1. The van der Waals surface area contributed by atoms with Crippen molar-refractivity contribution >= 4 is 12.0 Å². The van der Waals surface area contributed by atoms with Gasteiger partial charge in [-0.05, 0) is 47.4 Å². The average Bonchev–Trinajstić information content (AvgIpc) is 3.30. The summed E-state index contributed by atoms with van der Waals surface area (Å²) < 4.78 is 12.8. The maximum absolute atomic E-state index is 12.2. The summed E-state index contributed by atoms with van der Waals surface area (Å²) in [6.07, 6.45) is 8.48. The lowest BCUT2D eigenvalue weighted by molar-refractivity contribution is -0.116. The number of benzene rings is 1. The molecule has 2 heterocycles. The van der Waals surface area contributed by atoms with Gasteiger partial charge in [0.2, 0.25) is 5.91 Å². The highest BCUT2D eigenvalue weighted by atomic mass is 16.5. The Morgan fingerprint density at radius 2 is 2.10 bits per heavy atom. The molecule has 0 bridgehead atoms. The minimum atomic E-state index is -0.190. The van der Waals surface area contributed by atoms with E-state index in [9.17, 15) is 4.79 Å². The van der Waals surface area contributed by atoms with Crippen LogP contribution < -0.4 is 14.8 Å². The van der Waals surface area contributed by atoms with Crippen molar-refractivity contribution < 1.29 is 14.3 Å². The molecule has 30 heavy (non-hydrogen) atoms. The summed E-state index contributed by atoms with van der Waals surface area (Å²) in [7, 11) is 1.60. The fourth-order valence-electron chi connectivity index (χ4n) is 2.64. The largest absolute Gasteiger partial charge is 0.493 e. The Morgan fingerprint density at radius 3 is 2.77 bits per heavy atom. The Morgan fingerprint density at radius 1 is 1.23 bits per heavy atom. The predicted molar refractivity (Wildman–Crippen MR) is 116 cm³/mol. The van der Waals surface area contributed by atoms with Crippen LogP contribution in [0.25, 0.3) is 11.9 Å². The summed E-state index contributed by atoms with van der Waals surface area (Å²) in [5, 5.41) is 6.99. The van der Waals surface area contributed by atoms with Crippen molar-refractivity contribution in [2.24, 2.45) is 5.92 Å². The van der Waals surface area contributed by atoms with Crippen LogP contribution in [0.2, 0.25) is 0 Å². The maximum Gasteiger partial charge on any atom is 0.244 e. The van der Waals surface area contributed by atoms with Crippen molar-refractivity contribution in [3.8, 4) is 17.3 Å². The molecule has 3 aromatic rings. The Hall–Kier alpha value is -3.61. The van der Waals surface area contributed by atoms with Gasteiger partial charge in [0.25, 0.3) is 0 Å². The number of methoxy groups -OCH3 is 1. The number of nitrogens with zero attached hydrogens (tertiary/aromatic N) is 3. The van der Waals surface area contributed by atoms with E-state index >= 15 is 0 Å². The number of carbonyl (C=O) groups excluding carboxylic acids is 1. The number of hydrogen-bond donors (Lipinski definition) is 1. The molecule has 0 atom stereocenters. The van der Waals surface area contributed by atoms with Gasteiger partial charge in [-0.2, -0.15) is 5.10 Å². The van der Waals surface area contributed by atoms with Crippen LogP contribution in [0, 0.1) is 5.92 Å². The highest BCUT2D eigenvalue weighted by Gasteiger charge is 2.06. The summed E-state index contributed by atoms with van der Waals surface area (Å²) in [5.41, 5.74) is 1.75. The predicted octanol–water partition coefficient (Wildman–Crippen LogP) is 3.64. The molecule has 0 aliphatic carbocycles. The Balaban J connectivity index is 1.54. The average molecular weight is 406 g/mol. The number of rotatable bonds is 9. The molecule has 7 heteroatoms. The molecule has 0 unspecified atom stereocenters. The lowest BCUT2D eigenvalue weighted by atomic mass is 10.2. The Kier molecular flexibility index (Phi) is 7.21. The number of pyridine rings is 1. The molecule has 7 nitrogen and oxygen atoms in total. The zero-order valence-corrected chi connectivity index (χ0v) is 17.4. The van der Waals surface area contributed by atoms with Crippen LogP contribution in [0.15, 0.2) is 61.1 Å². The molecule has 2 aromatic heterocycles. The van der Waals surface area contributed by atoms with Crippen LogP contribution in [0.1, 0.15) is 25.0 Å². The Labute approximate surface area is 176 Å². The SMILES string of the molecule is COc1cc(/C=C/C(=O)NCc2ccc(-n3cccn3)nc2)ccc1OCC(C)C. The monoisotopic (exact) mass is 406 g/mol. The second kappa shape index (κ2) is 10.2. The van der Waals surface area contributed by atoms with Crippen LogP contribution in [-0.2, 0) is 11.3 Å². The van der Waals surface area contributed by atoms with Crippen molar-refractivity contribution in [1.29, 1.82) is 0 Å². The van der Waals surface area contributed by atoms with E-state index in [0.29, 0.717) is 30.6 Å². The zero-order chi connectivity index (χ0) is 21.3. The Bertz CT molecular complexity index is 980. The molecule has 156 valence electrons. The first-order valence-electron chi connectivity index (χ1n) is 9.77. The first-order valence-corrected chi connectivity index (χ1v) is 9.77. The topological polar surface area (TPSA) is 78.3 Å². The van der Waals surface area contributed by atoms with Crippen molar-refractivity contribution in [3.63, 3.8) is 0 Å². The molecular formula is C23H26N4O3. The molecule has 1 N–H and O–H groups in total. The maximum atomic E-state index is 12.2. The zero-order valence-electron chi connectivity index (χ0n) is 17.4. The van der Waals surface area contributed by atoms with Crippen LogP contribution in [0.3, 0.4) is 0 Å². The number of amides is 1. The third-order valence-electron chi connectivity index (χ3n) is 4.20. The van der Waals surface area contributed by atoms with E-state index in [1.807, 2.05) is 42.6 Å². The third kappa shape index (κ3) is 5.94. The molecule has 0 saturated heterocycles. The summed E-state index contributed by atoms with van der Waals surface area (Å²) in [6.45, 7) is 5.19. The number of aromatic nitrogens is 3. The van der Waals surface area contributed by atoms with Gasteiger partial charge in [-0.15, -0.1) is 0 Å². The molecule has 1 aromatic carbocycles. The molecule has 0 aliphatic rings. The highest BCUT2D eigenvalue weighted by molar-refractivity contribution is 5.91. The van der Waals surface area contributed by atoms with Gasteiger partial charge in [-0.25, -0.2) is 9.67 Å². The third-order valence-corrected chi connectivity index (χ3v) is 4.20. The van der Waals surface area contributed by atoms with E-state index in [-0.39, 0.29) is 5.91 Å². The van der Waals surface area contributed by atoms with Gasteiger partial charge >= 0.3 is 0 Å². The molecule has 0 radical (unpaired) electrons. The lowest BCUT2D eigenvalue weighted by Gasteiger charge is -2.12. The van der Waals surface area contributed by atoms with Crippen molar-refractivity contribution in [2.45, 2.75) is 20.4 Å². The molecule has 1 amide bonds. The lowest BCUT2D eigenvalue weighted by Crippen LogP contribution is -2.20. The second-order valence-electron chi connectivity index (χ2n) is 7.14. The van der Waals surface area contributed by atoms with Gasteiger partial charge in [-0.3, -0.25) is 4.79 Å². The molecular weight excluding hydrogens is 380 g/mol. The van der Waals surface area contributed by atoms with Gasteiger partial charge in [-0.1, -0.05) is 26.0 Å². The molecule has 0 saturated carbocycles. The van der Waals surface area contributed by atoms with Crippen LogP contribution in [-0.4, -0.2) is 34.4 Å². The van der Waals surface area contributed by atoms with E-state index in [4.69, 9.17) is 9.47 Å². The first-order chi connectivity index (χ1) is 14.5. The summed E-state index contributed by atoms with van der Waals surface area (Å²) in [6, 6.07) is 11.2. The second-order valence-corrected chi connectivity index (χ2v) is 7.14. The standard InChI is InChI=1S/C23H26N4O3/c1-17(2)16-30-20-8-5-18(13-21(20)29-3)7-10-23(28)25-15-19-6-9-22(24-14-19)27-12-4-11-26-27/h4-14,17H,15-16H2,1-3H3,(H,25,28)/b10-7+. The fraction of sp³-hybridized carbons (Fsp3) is 0.261. The minimum Gasteiger partial charge on any atom is -0.493 e. The summed E-state index contributed by atoms with van der Waals surface area (Å²) in [5.74, 6) is 2.30. The van der Waals surface area contributed by atoms with E-state index < -0.39 is 0 Å². The highest BCUT2D eigenvalue weighted by Crippen LogP contribution is 2.29. The molecule has 0 fully saturated rings. The number of nitrogens with one attached hydrogen (secondary N) is 1. The number of hydrogen-bond acceptors (Lipinski definition) is 5. The van der Waals surface area contributed by atoms with Crippen molar-refractivity contribution in [2.75, 3.05) is 13.7 Å². The fourth-order valence-corrected chi connectivity index (χ4v) is 2.64. The van der Waals surface area contributed by atoms with Gasteiger partial charge in [0.1, 0.15) is 0 Å².